The van der Waals surface area contributed by atoms with Crippen LogP contribution in [0.15, 0.2) is 18.2 Å². The molecule has 1 heterocycles. The van der Waals surface area contributed by atoms with Crippen molar-refractivity contribution in [1.29, 1.82) is 0 Å². The molecule has 0 aromatic heterocycles. The maximum atomic E-state index is 13.1. The summed E-state index contributed by atoms with van der Waals surface area (Å²) in [7, 11) is 0. The van der Waals surface area contributed by atoms with Gasteiger partial charge in [0, 0.05) is 11.4 Å². The van der Waals surface area contributed by atoms with E-state index in [1.54, 1.807) is 6.07 Å². The van der Waals surface area contributed by atoms with Crippen molar-refractivity contribution in [2.24, 2.45) is 0 Å². The fourth-order valence-electron chi connectivity index (χ4n) is 1.55. The standard InChI is InChI=1S/C10H9ClFNO2/c11-7-3-6(4-8(12)5-7)9-1-2-15-10(14)13-9/h3-5,9H,1-2H2,(H,13,14)/t9-/m1/s1. The van der Waals surface area contributed by atoms with Gasteiger partial charge in [-0.05, 0) is 23.8 Å². The smallest absolute Gasteiger partial charge is 0.407 e. The summed E-state index contributed by atoms with van der Waals surface area (Å²) in [4.78, 5) is 11.0. The molecule has 0 aliphatic carbocycles. The average Bonchev–Trinajstić information content (AvgIpc) is 2.16. The molecular weight excluding hydrogens is 221 g/mol. The summed E-state index contributed by atoms with van der Waals surface area (Å²) in [5, 5.41) is 2.93. The second kappa shape index (κ2) is 4.06. The zero-order valence-electron chi connectivity index (χ0n) is 7.80. The number of rotatable bonds is 1. The van der Waals surface area contributed by atoms with E-state index in [4.69, 9.17) is 16.3 Å². The Bertz CT molecular complexity index is 377. The molecule has 0 spiro atoms. The Morgan fingerprint density at radius 2 is 2.27 bits per heavy atom. The molecule has 2 rings (SSSR count). The number of hydrogen-bond acceptors (Lipinski definition) is 2. The summed E-state index contributed by atoms with van der Waals surface area (Å²) in [6.07, 6.45) is 0.137. The number of hydrogen-bond donors (Lipinski definition) is 1. The Hall–Kier alpha value is -1.29. The molecule has 1 fully saturated rings. The SMILES string of the molecule is O=C1N[C@@H](c2cc(F)cc(Cl)c2)CCO1. The van der Waals surface area contributed by atoms with E-state index in [0.717, 1.165) is 0 Å². The van der Waals surface area contributed by atoms with E-state index >= 15 is 0 Å². The van der Waals surface area contributed by atoms with Crippen molar-refractivity contribution in [2.45, 2.75) is 12.5 Å². The first-order valence-corrected chi connectivity index (χ1v) is 4.92. The van der Waals surface area contributed by atoms with Crippen LogP contribution in [-0.2, 0) is 4.74 Å². The van der Waals surface area contributed by atoms with Gasteiger partial charge in [-0.15, -0.1) is 0 Å². The van der Waals surface area contributed by atoms with E-state index in [1.807, 2.05) is 0 Å². The lowest BCUT2D eigenvalue weighted by Gasteiger charge is -2.23. The lowest BCUT2D eigenvalue weighted by atomic mass is 10.0. The fraction of sp³-hybridized carbons (Fsp3) is 0.300. The Labute approximate surface area is 91.2 Å². The van der Waals surface area contributed by atoms with Crippen LogP contribution in [-0.4, -0.2) is 12.7 Å². The van der Waals surface area contributed by atoms with Gasteiger partial charge >= 0.3 is 6.09 Å². The van der Waals surface area contributed by atoms with E-state index in [0.29, 0.717) is 23.6 Å². The number of amides is 1. The highest BCUT2D eigenvalue weighted by Gasteiger charge is 2.21. The van der Waals surface area contributed by atoms with Crippen LogP contribution in [0.3, 0.4) is 0 Å². The Morgan fingerprint density at radius 1 is 1.47 bits per heavy atom. The van der Waals surface area contributed by atoms with Crippen LogP contribution < -0.4 is 5.32 Å². The van der Waals surface area contributed by atoms with Crippen molar-refractivity contribution in [3.8, 4) is 0 Å². The zero-order valence-corrected chi connectivity index (χ0v) is 8.55. The number of nitrogens with one attached hydrogen (secondary N) is 1. The van der Waals surface area contributed by atoms with Gasteiger partial charge in [-0.3, -0.25) is 0 Å². The van der Waals surface area contributed by atoms with Gasteiger partial charge in [0.25, 0.3) is 0 Å². The highest BCUT2D eigenvalue weighted by atomic mass is 35.5. The van der Waals surface area contributed by atoms with Crippen molar-refractivity contribution in [3.05, 3.63) is 34.6 Å². The number of carbonyl (C=O) groups is 1. The van der Waals surface area contributed by atoms with Crippen molar-refractivity contribution in [3.63, 3.8) is 0 Å². The summed E-state index contributed by atoms with van der Waals surface area (Å²) >= 11 is 5.72. The van der Waals surface area contributed by atoms with Gasteiger partial charge < -0.3 is 10.1 Å². The predicted molar refractivity (Wildman–Crippen MR) is 53.3 cm³/mol. The summed E-state index contributed by atoms with van der Waals surface area (Å²) < 4.78 is 17.8. The molecule has 1 N–H and O–H groups in total. The normalized spacial score (nSPS) is 20.7. The quantitative estimate of drug-likeness (QED) is 0.804. The minimum Gasteiger partial charge on any atom is -0.449 e. The summed E-state index contributed by atoms with van der Waals surface area (Å²) in [6.45, 7) is 0.338. The fourth-order valence-corrected chi connectivity index (χ4v) is 1.78. The molecule has 1 aromatic carbocycles. The molecule has 5 heteroatoms. The molecule has 3 nitrogen and oxygen atoms in total. The van der Waals surface area contributed by atoms with Gasteiger partial charge in [0.15, 0.2) is 0 Å². The molecule has 0 bridgehead atoms. The molecule has 15 heavy (non-hydrogen) atoms. The Kier molecular flexibility index (Phi) is 2.77. The van der Waals surface area contributed by atoms with Crippen LogP contribution >= 0.6 is 11.6 Å². The second-order valence-corrected chi connectivity index (χ2v) is 3.76. The minimum absolute atomic E-state index is 0.223. The van der Waals surface area contributed by atoms with Crippen LogP contribution in [0.25, 0.3) is 0 Å². The van der Waals surface area contributed by atoms with Gasteiger partial charge in [0.05, 0.1) is 12.6 Å². The van der Waals surface area contributed by atoms with E-state index in [9.17, 15) is 9.18 Å². The highest BCUT2D eigenvalue weighted by Crippen LogP contribution is 2.24. The largest absolute Gasteiger partial charge is 0.449 e. The second-order valence-electron chi connectivity index (χ2n) is 3.32. The van der Waals surface area contributed by atoms with Gasteiger partial charge in [0.2, 0.25) is 0 Å². The molecule has 80 valence electrons. The van der Waals surface area contributed by atoms with E-state index in [2.05, 4.69) is 5.32 Å². The first-order chi connectivity index (χ1) is 7.15. The van der Waals surface area contributed by atoms with Crippen LogP contribution in [0, 0.1) is 5.82 Å². The topological polar surface area (TPSA) is 38.3 Å². The summed E-state index contributed by atoms with van der Waals surface area (Å²) in [5.74, 6) is -0.404. The third-order valence-corrected chi connectivity index (χ3v) is 2.44. The van der Waals surface area contributed by atoms with Crippen LogP contribution in [0.5, 0.6) is 0 Å². The summed E-state index contributed by atoms with van der Waals surface area (Å²) in [6, 6.07) is 4.01. The van der Waals surface area contributed by atoms with Crippen molar-refractivity contribution in [1.82, 2.24) is 5.32 Å². The van der Waals surface area contributed by atoms with Gasteiger partial charge in [-0.25, -0.2) is 9.18 Å². The lowest BCUT2D eigenvalue weighted by molar-refractivity contribution is 0.115. The number of halogens is 2. The Balaban J connectivity index is 2.24. The summed E-state index contributed by atoms with van der Waals surface area (Å²) in [5.41, 5.74) is 0.664. The molecular formula is C10H9ClFNO2. The van der Waals surface area contributed by atoms with Crippen LogP contribution in [0.1, 0.15) is 18.0 Å². The van der Waals surface area contributed by atoms with Crippen LogP contribution in [0.4, 0.5) is 9.18 Å². The highest BCUT2D eigenvalue weighted by molar-refractivity contribution is 6.30. The third kappa shape index (κ3) is 2.39. The third-order valence-electron chi connectivity index (χ3n) is 2.22. The molecule has 0 radical (unpaired) electrons. The number of carbonyl (C=O) groups excluding carboxylic acids is 1. The number of benzene rings is 1. The Morgan fingerprint density at radius 3 is 2.93 bits per heavy atom. The van der Waals surface area contributed by atoms with Crippen molar-refractivity contribution < 1.29 is 13.9 Å². The molecule has 1 saturated heterocycles. The van der Waals surface area contributed by atoms with E-state index in [1.165, 1.54) is 12.1 Å². The maximum Gasteiger partial charge on any atom is 0.407 e. The number of ether oxygens (including phenoxy) is 1. The number of alkyl carbamates (subject to hydrolysis) is 1. The molecule has 1 atom stereocenters. The van der Waals surface area contributed by atoms with Gasteiger partial charge in [-0.2, -0.15) is 0 Å². The zero-order chi connectivity index (χ0) is 10.8. The van der Waals surface area contributed by atoms with Gasteiger partial charge in [-0.1, -0.05) is 11.6 Å². The molecule has 1 aromatic rings. The minimum atomic E-state index is -0.480. The van der Waals surface area contributed by atoms with Gasteiger partial charge in [0.1, 0.15) is 5.82 Å². The van der Waals surface area contributed by atoms with Crippen molar-refractivity contribution >= 4 is 17.7 Å². The molecule has 1 aliphatic rings. The first-order valence-electron chi connectivity index (χ1n) is 4.54. The maximum absolute atomic E-state index is 13.1. The van der Waals surface area contributed by atoms with E-state index < -0.39 is 11.9 Å². The monoisotopic (exact) mass is 229 g/mol. The first kappa shape index (κ1) is 10.2. The van der Waals surface area contributed by atoms with E-state index in [-0.39, 0.29) is 6.04 Å². The lowest BCUT2D eigenvalue weighted by Crippen LogP contribution is -2.35. The molecule has 0 saturated carbocycles. The number of cyclic esters (lactones) is 1. The molecule has 1 amide bonds. The van der Waals surface area contributed by atoms with Crippen LogP contribution in [0.2, 0.25) is 5.02 Å². The van der Waals surface area contributed by atoms with Crippen molar-refractivity contribution in [2.75, 3.05) is 6.61 Å². The molecule has 1 aliphatic heterocycles. The average molecular weight is 230 g/mol. The molecule has 0 unspecified atom stereocenters. The predicted octanol–water partition coefficient (Wildman–Crippen LogP) is 2.65.